The Morgan fingerprint density at radius 2 is 2.67 bits per heavy atom. The van der Waals surface area contributed by atoms with Crippen LogP contribution >= 0.6 is 10.8 Å². The van der Waals surface area contributed by atoms with Gasteiger partial charge in [0.15, 0.2) is 10.0 Å². The first-order valence-corrected chi connectivity index (χ1v) is 4.75. The van der Waals surface area contributed by atoms with E-state index in [1.165, 1.54) is 10.8 Å². The van der Waals surface area contributed by atoms with Crippen molar-refractivity contribution in [3.63, 3.8) is 0 Å². The van der Waals surface area contributed by atoms with Crippen molar-refractivity contribution in [1.82, 2.24) is 4.31 Å². The number of terminal acetylenes is 1. The highest BCUT2D eigenvalue weighted by Gasteiger charge is 2.16. The van der Waals surface area contributed by atoms with Crippen LogP contribution in [-0.4, -0.2) is 15.6 Å². The van der Waals surface area contributed by atoms with Crippen LogP contribution < -0.4 is 0 Å². The summed E-state index contributed by atoms with van der Waals surface area (Å²) < 4.78 is 12.4. The molecule has 1 rings (SSSR count). The van der Waals surface area contributed by atoms with Crippen LogP contribution in [-0.2, 0) is 10.0 Å². The molecule has 48 valence electrons. The van der Waals surface area contributed by atoms with E-state index in [2.05, 4.69) is 5.92 Å². The first-order valence-electron chi connectivity index (χ1n) is 2.25. The van der Waals surface area contributed by atoms with E-state index in [1.54, 1.807) is 16.8 Å². The van der Waals surface area contributed by atoms with Gasteiger partial charge in [-0.15, -0.1) is 6.42 Å². The Balaban J connectivity index is 2.81. The molecule has 4 heteroatoms. The van der Waals surface area contributed by atoms with Crippen molar-refractivity contribution in [1.29, 1.82) is 0 Å². The Morgan fingerprint density at radius 1 is 2.00 bits per heavy atom. The summed E-state index contributed by atoms with van der Waals surface area (Å²) in [7, 11) is 1.96. The number of hydrogen-bond acceptors (Lipinski definition) is 2. The predicted octanol–water partition coefficient (Wildman–Crippen LogP) is 0.718. The van der Waals surface area contributed by atoms with E-state index >= 15 is 0 Å². The number of rotatable bonds is 0. The molecule has 0 radical (unpaired) electrons. The molecule has 0 bridgehead atoms. The van der Waals surface area contributed by atoms with Crippen molar-refractivity contribution < 1.29 is 4.21 Å². The van der Waals surface area contributed by atoms with Crippen molar-refractivity contribution in [2.75, 3.05) is 7.05 Å². The van der Waals surface area contributed by atoms with Crippen molar-refractivity contribution in [3.05, 3.63) is 11.1 Å². The third kappa shape index (κ3) is 1.12. The van der Waals surface area contributed by atoms with Crippen molar-refractivity contribution in [2.24, 2.45) is 0 Å². The lowest BCUT2D eigenvalue weighted by Gasteiger charge is -2.06. The second-order valence-corrected chi connectivity index (χ2v) is 4.30. The zero-order chi connectivity index (χ0) is 6.85. The number of hydrogen-bond donors (Lipinski definition) is 0. The first-order chi connectivity index (χ1) is 4.25. The van der Waals surface area contributed by atoms with Gasteiger partial charge in [-0.25, -0.2) is 4.21 Å². The summed E-state index contributed by atoms with van der Waals surface area (Å²) in [5, 5.41) is 1.72. The quantitative estimate of drug-likeness (QED) is 0.383. The van der Waals surface area contributed by atoms with Gasteiger partial charge in [-0.1, -0.05) is 5.92 Å². The largest absolute Gasteiger partial charge is 0.277 e. The van der Waals surface area contributed by atoms with Gasteiger partial charge in [0.25, 0.3) is 0 Å². The van der Waals surface area contributed by atoms with Crippen LogP contribution in [0.25, 0.3) is 0 Å². The van der Waals surface area contributed by atoms with E-state index in [0.717, 1.165) is 0 Å². The highest BCUT2D eigenvalue weighted by Crippen LogP contribution is 2.26. The van der Waals surface area contributed by atoms with Crippen molar-refractivity contribution in [2.45, 2.75) is 0 Å². The molecule has 1 heterocycles. The zero-order valence-electron chi connectivity index (χ0n) is 4.83. The molecule has 0 aromatic carbocycles. The molecular weight excluding hydrogens is 154 g/mol. The summed E-state index contributed by atoms with van der Waals surface area (Å²) in [4.78, 5) is 0. The van der Waals surface area contributed by atoms with Crippen LogP contribution in [0.2, 0.25) is 0 Å². The topological polar surface area (TPSA) is 20.3 Å². The fraction of sp³-hybridized carbons (Fsp3) is 0.200. The minimum Gasteiger partial charge on any atom is -0.277 e. The molecule has 0 amide bonds. The number of nitrogens with zero attached hydrogens (tertiary/aromatic N) is 1. The van der Waals surface area contributed by atoms with Gasteiger partial charge >= 0.3 is 0 Å². The van der Waals surface area contributed by atoms with Gasteiger partial charge in [0.1, 0.15) is 5.70 Å². The second-order valence-electron chi connectivity index (χ2n) is 1.46. The molecule has 0 aromatic rings. The van der Waals surface area contributed by atoms with Crippen LogP contribution in [0.4, 0.5) is 0 Å². The summed E-state index contributed by atoms with van der Waals surface area (Å²) in [6.45, 7) is 0. The Hall–Kier alpha value is -0.400. The molecule has 0 saturated heterocycles. The molecule has 1 unspecified atom stereocenters. The third-order valence-corrected chi connectivity index (χ3v) is 3.53. The lowest BCUT2D eigenvalue weighted by atomic mass is 10.5. The van der Waals surface area contributed by atoms with Crippen LogP contribution in [0.3, 0.4) is 0 Å². The van der Waals surface area contributed by atoms with Crippen molar-refractivity contribution >= 4 is 20.8 Å². The molecule has 1 aliphatic rings. The smallest absolute Gasteiger partial charge is 0.186 e. The SMILES string of the molecule is C#CC1=CSS(=O)N1C. The Bertz CT molecular complexity index is 215. The van der Waals surface area contributed by atoms with Gasteiger partial charge < -0.3 is 0 Å². The fourth-order valence-electron chi connectivity index (χ4n) is 0.431. The standard InChI is InChI=1S/C5H5NOS2/c1-3-5-4-8-9(7)6(5)2/h1,4H,2H3. The van der Waals surface area contributed by atoms with Gasteiger partial charge in [0.05, 0.1) is 0 Å². The summed E-state index contributed by atoms with van der Waals surface area (Å²) in [5.41, 5.74) is 0.693. The minimum absolute atomic E-state index is 0.693. The highest BCUT2D eigenvalue weighted by atomic mass is 33.1. The minimum atomic E-state index is -0.983. The second kappa shape index (κ2) is 2.46. The molecule has 0 N–H and O–H groups in total. The zero-order valence-corrected chi connectivity index (χ0v) is 6.46. The van der Waals surface area contributed by atoms with Gasteiger partial charge in [0.2, 0.25) is 0 Å². The van der Waals surface area contributed by atoms with Gasteiger partial charge in [-0.2, -0.15) is 0 Å². The van der Waals surface area contributed by atoms with E-state index in [-0.39, 0.29) is 0 Å². The first kappa shape index (κ1) is 6.72. The van der Waals surface area contributed by atoms with E-state index in [4.69, 9.17) is 6.42 Å². The molecule has 0 aromatic heterocycles. The van der Waals surface area contributed by atoms with Gasteiger partial charge in [-0.3, -0.25) is 4.31 Å². The Labute approximate surface area is 60.3 Å². The summed E-state index contributed by atoms with van der Waals surface area (Å²) in [6.07, 6.45) is 5.08. The van der Waals surface area contributed by atoms with Gasteiger partial charge in [-0.05, 0) is 10.8 Å². The molecule has 1 atom stereocenters. The monoisotopic (exact) mass is 159 g/mol. The summed E-state index contributed by atoms with van der Waals surface area (Å²) in [5.74, 6) is 2.42. The van der Waals surface area contributed by atoms with Crippen molar-refractivity contribution in [3.8, 4) is 12.3 Å². The maximum absolute atomic E-state index is 10.8. The fourth-order valence-corrected chi connectivity index (χ4v) is 2.44. The van der Waals surface area contributed by atoms with E-state index < -0.39 is 10.0 Å². The van der Waals surface area contributed by atoms with E-state index in [9.17, 15) is 4.21 Å². The molecule has 1 aliphatic heterocycles. The average molecular weight is 159 g/mol. The lowest BCUT2D eigenvalue weighted by Crippen LogP contribution is -2.11. The highest BCUT2D eigenvalue weighted by molar-refractivity contribution is 8.70. The predicted molar refractivity (Wildman–Crippen MR) is 40.4 cm³/mol. The molecule has 0 aliphatic carbocycles. The molecule has 2 nitrogen and oxygen atoms in total. The van der Waals surface area contributed by atoms with Crippen LogP contribution in [0.5, 0.6) is 0 Å². The van der Waals surface area contributed by atoms with Crippen LogP contribution in [0.1, 0.15) is 0 Å². The van der Waals surface area contributed by atoms with Crippen LogP contribution in [0.15, 0.2) is 11.1 Å². The number of allylic oxidation sites excluding steroid dienone is 1. The normalized spacial score (nSPS) is 25.6. The average Bonchev–Trinajstić information content (AvgIpc) is 2.15. The Kier molecular flexibility index (Phi) is 1.84. The third-order valence-electron chi connectivity index (χ3n) is 0.953. The molecule has 9 heavy (non-hydrogen) atoms. The molecule has 0 saturated carbocycles. The maximum Gasteiger partial charge on any atom is 0.186 e. The summed E-state index contributed by atoms with van der Waals surface area (Å²) >= 11 is 0. The lowest BCUT2D eigenvalue weighted by molar-refractivity contribution is 0.634. The summed E-state index contributed by atoms with van der Waals surface area (Å²) in [6, 6.07) is 0. The Morgan fingerprint density at radius 3 is 2.89 bits per heavy atom. The van der Waals surface area contributed by atoms with E-state index in [1.807, 2.05) is 0 Å². The maximum atomic E-state index is 10.8. The molecular formula is C5H5NOS2. The van der Waals surface area contributed by atoms with Crippen LogP contribution in [0, 0.1) is 12.3 Å². The molecule has 0 spiro atoms. The molecule has 0 fully saturated rings. The van der Waals surface area contributed by atoms with Gasteiger partial charge in [0, 0.05) is 12.5 Å². The van der Waals surface area contributed by atoms with E-state index in [0.29, 0.717) is 5.70 Å².